The number of hydrogen-bond donors (Lipinski definition) is 1. The van der Waals surface area contributed by atoms with E-state index in [0.29, 0.717) is 70.3 Å². The Morgan fingerprint density at radius 2 is 1.81 bits per heavy atom. The van der Waals surface area contributed by atoms with Gasteiger partial charge in [-0.25, -0.2) is 9.48 Å². The van der Waals surface area contributed by atoms with Gasteiger partial charge in [0.15, 0.2) is 11.5 Å². The number of esters is 1. The van der Waals surface area contributed by atoms with Crippen LogP contribution in [0.3, 0.4) is 0 Å². The van der Waals surface area contributed by atoms with Crippen molar-refractivity contribution in [2.24, 2.45) is 0 Å². The van der Waals surface area contributed by atoms with Gasteiger partial charge in [0.1, 0.15) is 12.6 Å². The number of thioether (sulfide) groups is 1. The van der Waals surface area contributed by atoms with Gasteiger partial charge in [0.05, 0.1) is 23.8 Å². The van der Waals surface area contributed by atoms with Gasteiger partial charge in [0.25, 0.3) is 0 Å². The van der Waals surface area contributed by atoms with Gasteiger partial charge in [-0.05, 0) is 71.2 Å². The van der Waals surface area contributed by atoms with Crippen LogP contribution >= 0.6 is 62.5 Å². The number of rotatable bonds is 10. The van der Waals surface area contributed by atoms with Gasteiger partial charge in [0, 0.05) is 32.1 Å². The van der Waals surface area contributed by atoms with Crippen molar-refractivity contribution in [3.63, 3.8) is 0 Å². The van der Waals surface area contributed by atoms with E-state index < -0.39 is 12.0 Å². The predicted molar refractivity (Wildman–Crippen MR) is 174 cm³/mol. The topological polar surface area (TPSA) is 87.5 Å². The summed E-state index contributed by atoms with van der Waals surface area (Å²) in [5.74, 6) is 1.48. The highest BCUT2D eigenvalue weighted by Gasteiger charge is 2.36. The molecule has 1 atom stereocenters. The summed E-state index contributed by atoms with van der Waals surface area (Å²) >= 11 is 24.1. The van der Waals surface area contributed by atoms with E-state index in [2.05, 4.69) is 21.2 Å². The second kappa shape index (κ2) is 13.8. The molecule has 13 heteroatoms. The van der Waals surface area contributed by atoms with Crippen LogP contribution < -0.4 is 14.8 Å². The second-order valence-corrected chi connectivity index (χ2v) is 12.4. The zero-order chi connectivity index (χ0) is 30.7. The average Bonchev–Trinajstić information content (AvgIpc) is 3.38. The van der Waals surface area contributed by atoms with Crippen LogP contribution in [-0.4, -0.2) is 34.5 Å². The van der Waals surface area contributed by atoms with E-state index in [1.807, 2.05) is 37.3 Å². The molecule has 1 N–H and O–H groups in total. The summed E-state index contributed by atoms with van der Waals surface area (Å²) in [5, 5.41) is 10.2. The maximum atomic E-state index is 13.3. The largest absolute Gasteiger partial charge is 0.493 e. The van der Waals surface area contributed by atoms with Gasteiger partial charge in [-0.3, -0.25) is 0 Å². The number of nitrogens with one attached hydrogen (secondary N) is 1. The Kier molecular flexibility index (Phi) is 10.1. The Balaban J connectivity index is 1.52. The number of carbonyl (C=O) groups is 1. The molecule has 0 fully saturated rings. The third-order valence-electron chi connectivity index (χ3n) is 6.63. The van der Waals surface area contributed by atoms with Gasteiger partial charge in [-0.15, -0.1) is 5.10 Å². The monoisotopic (exact) mass is 722 g/mol. The smallest absolute Gasteiger partial charge is 0.338 e. The number of ether oxygens (including phenoxy) is 3. The van der Waals surface area contributed by atoms with E-state index in [9.17, 15) is 4.79 Å². The summed E-state index contributed by atoms with van der Waals surface area (Å²) in [6, 6.07) is 15.9. The maximum Gasteiger partial charge on any atom is 0.338 e. The van der Waals surface area contributed by atoms with E-state index in [1.54, 1.807) is 43.0 Å². The number of halogens is 4. The molecule has 0 amide bonds. The lowest BCUT2D eigenvalue weighted by Gasteiger charge is -2.28. The van der Waals surface area contributed by atoms with E-state index in [1.165, 1.54) is 11.8 Å². The molecule has 5 rings (SSSR count). The van der Waals surface area contributed by atoms with Gasteiger partial charge in [-0.1, -0.05) is 70.8 Å². The highest BCUT2D eigenvalue weighted by molar-refractivity contribution is 9.10. The van der Waals surface area contributed by atoms with Gasteiger partial charge in [-0.2, -0.15) is 4.98 Å². The van der Waals surface area contributed by atoms with Gasteiger partial charge in [0.2, 0.25) is 11.1 Å². The zero-order valence-corrected chi connectivity index (χ0v) is 28.0. The highest BCUT2D eigenvalue weighted by Crippen LogP contribution is 2.44. The van der Waals surface area contributed by atoms with Crippen molar-refractivity contribution in [2.75, 3.05) is 19.0 Å². The van der Waals surface area contributed by atoms with Crippen molar-refractivity contribution in [1.82, 2.24) is 14.8 Å². The molecule has 43 heavy (non-hydrogen) atoms. The van der Waals surface area contributed by atoms with Crippen molar-refractivity contribution < 1.29 is 19.0 Å². The molecular weight excluding hydrogens is 699 g/mol. The van der Waals surface area contributed by atoms with E-state index >= 15 is 0 Å². The summed E-state index contributed by atoms with van der Waals surface area (Å²) in [7, 11) is 1.54. The minimum atomic E-state index is -0.672. The molecule has 0 radical (unpaired) electrons. The summed E-state index contributed by atoms with van der Waals surface area (Å²) < 4.78 is 19.6. The predicted octanol–water partition coefficient (Wildman–Crippen LogP) is 8.73. The second-order valence-electron chi connectivity index (χ2n) is 9.35. The summed E-state index contributed by atoms with van der Waals surface area (Å²) in [6.45, 7) is 3.91. The number of nitrogens with zero attached hydrogens (tertiary/aromatic N) is 3. The molecule has 224 valence electrons. The molecule has 1 unspecified atom stereocenters. The third-order valence-corrected chi connectivity index (χ3v) is 9.19. The number of anilines is 1. The fourth-order valence-corrected chi connectivity index (χ4v) is 6.78. The zero-order valence-electron chi connectivity index (χ0n) is 23.3. The first-order chi connectivity index (χ1) is 20.7. The quantitative estimate of drug-likeness (QED) is 0.128. The number of benzene rings is 3. The fourth-order valence-electron chi connectivity index (χ4n) is 4.58. The molecule has 0 bridgehead atoms. The molecule has 1 aliphatic rings. The molecule has 0 aliphatic carbocycles. The first kappa shape index (κ1) is 31.5. The molecule has 1 aliphatic heterocycles. The lowest BCUT2D eigenvalue weighted by Crippen LogP contribution is -2.29. The Hall–Kier alpha value is -2.89. The van der Waals surface area contributed by atoms with E-state index in [0.717, 1.165) is 5.56 Å². The molecule has 2 heterocycles. The molecule has 0 saturated heterocycles. The SMILES string of the molecule is CCOC(=O)C1=C(C)Nc2nc(SCc3ccccc3Cl)nn2C1c1cc(Br)c(OCc2c(Cl)cccc2Cl)c(OC)c1. The molecule has 8 nitrogen and oxygen atoms in total. The number of methoxy groups -OCH3 is 1. The van der Waals surface area contributed by atoms with Gasteiger partial charge < -0.3 is 19.5 Å². The molecule has 0 spiro atoms. The Morgan fingerprint density at radius 1 is 1.09 bits per heavy atom. The van der Waals surface area contributed by atoms with Crippen LogP contribution in [0.15, 0.2) is 75.5 Å². The number of allylic oxidation sites excluding steroid dienone is 1. The van der Waals surface area contributed by atoms with Gasteiger partial charge >= 0.3 is 5.97 Å². The minimum absolute atomic E-state index is 0.118. The van der Waals surface area contributed by atoms with E-state index in [4.69, 9.17) is 59.1 Å². The van der Waals surface area contributed by atoms with Crippen LogP contribution in [0.2, 0.25) is 15.1 Å². The average molecular weight is 725 g/mol. The van der Waals surface area contributed by atoms with Crippen LogP contribution in [0.5, 0.6) is 11.5 Å². The summed E-state index contributed by atoms with van der Waals surface area (Å²) in [4.78, 5) is 18.0. The van der Waals surface area contributed by atoms with Crippen LogP contribution in [0.1, 0.15) is 36.6 Å². The molecule has 1 aromatic heterocycles. The fraction of sp³-hybridized carbons (Fsp3) is 0.233. The summed E-state index contributed by atoms with van der Waals surface area (Å²) in [5.41, 5.74) is 3.32. The minimum Gasteiger partial charge on any atom is -0.493 e. The molecule has 4 aromatic rings. The molecule has 3 aromatic carbocycles. The number of hydrogen-bond acceptors (Lipinski definition) is 8. The third kappa shape index (κ3) is 6.78. The van der Waals surface area contributed by atoms with Crippen LogP contribution in [0, 0.1) is 0 Å². The number of aromatic nitrogens is 3. The lowest BCUT2D eigenvalue weighted by atomic mass is 9.95. The standard InChI is InChI=1S/C30H26BrCl3N4O4S/c1-4-41-28(39)25-16(2)35-29-36-30(43-15-17-8-5-6-9-21(17)32)37-38(29)26(25)18-12-20(31)27(24(13-18)40-3)42-14-19-22(33)10-7-11-23(19)34/h5-13,26H,4,14-15H2,1-3H3,(H,35,36,37). The molecular formula is C30H26BrCl3N4O4S. The maximum absolute atomic E-state index is 13.3. The van der Waals surface area contributed by atoms with Crippen LogP contribution in [0.25, 0.3) is 0 Å². The Bertz CT molecular complexity index is 1690. The lowest BCUT2D eigenvalue weighted by molar-refractivity contribution is -0.139. The van der Waals surface area contributed by atoms with E-state index in [-0.39, 0.29) is 13.2 Å². The van der Waals surface area contributed by atoms with Crippen molar-refractivity contribution in [1.29, 1.82) is 0 Å². The Morgan fingerprint density at radius 3 is 2.51 bits per heavy atom. The Labute approximate surface area is 276 Å². The number of fused-ring (bicyclic) bond motifs is 1. The van der Waals surface area contributed by atoms with Crippen LogP contribution in [0.4, 0.5) is 5.95 Å². The molecule has 0 saturated carbocycles. The highest BCUT2D eigenvalue weighted by atomic mass is 79.9. The first-order valence-corrected chi connectivity index (χ1v) is 16.0. The van der Waals surface area contributed by atoms with Crippen molar-refractivity contribution in [3.05, 3.63) is 102 Å². The van der Waals surface area contributed by atoms with Crippen LogP contribution in [-0.2, 0) is 21.9 Å². The van der Waals surface area contributed by atoms with Crippen molar-refractivity contribution in [2.45, 2.75) is 37.4 Å². The normalized spacial score (nSPS) is 14.3. The summed E-state index contributed by atoms with van der Waals surface area (Å²) in [6.07, 6.45) is 0. The van der Waals surface area contributed by atoms with Crippen molar-refractivity contribution in [3.8, 4) is 11.5 Å². The first-order valence-electron chi connectivity index (χ1n) is 13.1. The number of carbonyl (C=O) groups excluding carboxylic acids is 1. The van der Waals surface area contributed by atoms with Crippen molar-refractivity contribution >= 4 is 74.4 Å².